The van der Waals surface area contributed by atoms with E-state index in [1.54, 1.807) is 12.4 Å². The number of hydrogen-bond donors (Lipinski definition) is 3. The highest BCUT2D eigenvalue weighted by atomic mass is 16.3. The first-order valence-electron chi connectivity index (χ1n) is 11.7. The van der Waals surface area contributed by atoms with Gasteiger partial charge < -0.3 is 20.4 Å². The van der Waals surface area contributed by atoms with E-state index >= 15 is 0 Å². The Bertz CT molecular complexity index is 1330. The second-order valence-electron chi connectivity index (χ2n) is 9.06. The Hall–Kier alpha value is -3.62. The molecular weight excluding hydrogens is 428 g/mol. The maximum atomic E-state index is 10.4. The van der Waals surface area contributed by atoms with E-state index in [1.807, 2.05) is 48.7 Å². The fourth-order valence-corrected chi connectivity index (χ4v) is 4.57. The zero-order chi connectivity index (χ0) is 23.1. The first kappa shape index (κ1) is 20.9. The molecule has 1 aliphatic carbocycles. The molecule has 0 bridgehead atoms. The summed E-state index contributed by atoms with van der Waals surface area (Å²) in [5.74, 6) is 2.56. The van der Waals surface area contributed by atoms with Crippen LogP contribution in [0.15, 0.2) is 61.1 Å². The Labute approximate surface area is 197 Å². The van der Waals surface area contributed by atoms with Gasteiger partial charge in [-0.3, -0.25) is 4.98 Å². The van der Waals surface area contributed by atoms with Gasteiger partial charge in [0.25, 0.3) is 0 Å². The standard InChI is InChI=1S/C26H26N6O2/c33-21-9-11-32(15-22(21)34)26-24-19(16-6-7-16)13-27-14-20(24)30-25(31-26)17-8-10-28-23(12-17)29-18-4-2-1-3-5-18/h1-5,8,10,12-14,16,21-22,33-34H,6-7,9,11,15H2,(H,28,29)/t21-,22-/m1/s1. The molecule has 1 saturated heterocycles. The minimum Gasteiger partial charge on any atom is -0.390 e. The fraction of sp³-hybridized carbons (Fsp3) is 0.308. The molecule has 1 aromatic carbocycles. The van der Waals surface area contributed by atoms with Crippen LogP contribution in [0.5, 0.6) is 0 Å². The van der Waals surface area contributed by atoms with Crippen molar-refractivity contribution in [3.63, 3.8) is 0 Å². The summed E-state index contributed by atoms with van der Waals surface area (Å²) in [7, 11) is 0. The lowest BCUT2D eigenvalue weighted by Gasteiger charge is -2.35. The van der Waals surface area contributed by atoms with E-state index in [1.165, 1.54) is 5.56 Å². The third-order valence-electron chi connectivity index (χ3n) is 6.54. The number of fused-ring (bicyclic) bond motifs is 1. The SMILES string of the molecule is O[C@@H]1CCN(c2nc(-c3ccnc(Nc4ccccc4)c3)nc3cncc(C4CC4)c23)C[C@H]1O. The van der Waals surface area contributed by atoms with Crippen LogP contribution in [0, 0.1) is 0 Å². The van der Waals surface area contributed by atoms with Gasteiger partial charge in [-0.1, -0.05) is 18.2 Å². The number of β-amino-alcohol motifs (C(OH)–C–C–N with tert-alkyl or cyclic N) is 1. The lowest BCUT2D eigenvalue weighted by molar-refractivity contribution is 0.00792. The number of pyridine rings is 2. The molecule has 0 spiro atoms. The van der Waals surface area contributed by atoms with Gasteiger partial charge in [-0.05, 0) is 55.0 Å². The van der Waals surface area contributed by atoms with Gasteiger partial charge in [0, 0.05) is 42.1 Å². The number of aromatic nitrogens is 4. The Kier molecular flexibility index (Phi) is 5.31. The quantitative estimate of drug-likeness (QED) is 0.420. The van der Waals surface area contributed by atoms with Crippen molar-refractivity contribution >= 4 is 28.2 Å². The monoisotopic (exact) mass is 454 g/mol. The van der Waals surface area contributed by atoms with E-state index in [9.17, 15) is 10.2 Å². The molecule has 3 aromatic heterocycles. The lowest BCUT2D eigenvalue weighted by Crippen LogP contribution is -2.47. The Balaban J connectivity index is 1.44. The molecule has 8 nitrogen and oxygen atoms in total. The summed E-state index contributed by atoms with van der Waals surface area (Å²) in [6.45, 7) is 0.948. The van der Waals surface area contributed by atoms with Crippen molar-refractivity contribution in [2.45, 2.75) is 37.4 Å². The molecule has 4 heterocycles. The summed E-state index contributed by atoms with van der Waals surface area (Å²) in [6.07, 6.45) is 6.71. The van der Waals surface area contributed by atoms with Gasteiger partial charge in [0.15, 0.2) is 5.82 Å². The Morgan fingerprint density at radius 2 is 1.79 bits per heavy atom. The number of hydrogen-bond acceptors (Lipinski definition) is 8. The van der Waals surface area contributed by atoms with E-state index in [-0.39, 0.29) is 0 Å². The smallest absolute Gasteiger partial charge is 0.162 e. The highest BCUT2D eigenvalue weighted by Gasteiger charge is 2.32. The number of rotatable bonds is 5. The fourth-order valence-electron chi connectivity index (χ4n) is 4.57. The van der Waals surface area contributed by atoms with Crippen molar-refractivity contribution in [2.75, 3.05) is 23.3 Å². The van der Waals surface area contributed by atoms with E-state index in [0.29, 0.717) is 37.1 Å². The number of piperidine rings is 1. The van der Waals surface area contributed by atoms with Gasteiger partial charge in [-0.25, -0.2) is 15.0 Å². The van der Waals surface area contributed by atoms with E-state index in [0.717, 1.165) is 40.8 Å². The van der Waals surface area contributed by atoms with Crippen molar-refractivity contribution in [3.8, 4) is 11.4 Å². The number of aliphatic hydroxyl groups is 2. The Morgan fingerprint density at radius 1 is 0.941 bits per heavy atom. The van der Waals surface area contributed by atoms with Crippen LogP contribution in [0.3, 0.4) is 0 Å². The van der Waals surface area contributed by atoms with Gasteiger partial charge >= 0.3 is 0 Å². The molecule has 6 rings (SSSR count). The zero-order valence-corrected chi connectivity index (χ0v) is 18.7. The van der Waals surface area contributed by atoms with Gasteiger partial charge in [0.1, 0.15) is 11.6 Å². The predicted octanol–water partition coefficient (Wildman–Crippen LogP) is 3.64. The van der Waals surface area contributed by atoms with E-state index in [2.05, 4.69) is 20.2 Å². The van der Waals surface area contributed by atoms with Gasteiger partial charge in [0.05, 0.1) is 23.9 Å². The van der Waals surface area contributed by atoms with E-state index < -0.39 is 12.2 Å². The van der Waals surface area contributed by atoms with Crippen molar-refractivity contribution in [1.82, 2.24) is 19.9 Å². The molecule has 2 atom stereocenters. The minimum absolute atomic E-state index is 0.330. The average molecular weight is 455 g/mol. The number of nitrogens with one attached hydrogen (secondary N) is 1. The number of nitrogens with zero attached hydrogens (tertiary/aromatic N) is 5. The molecule has 0 amide bonds. The van der Waals surface area contributed by atoms with Crippen LogP contribution >= 0.6 is 0 Å². The highest BCUT2D eigenvalue weighted by Crippen LogP contribution is 2.45. The van der Waals surface area contributed by atoms with Crippen LogP contribution in [0.25, 0.3) is 22.3 Å². The maximum Gasteiger partial charge on any atom is 0.162 e. The summed E-state index contributed by atoms with van der Waals surface area (Å²) in [5.41, 5.74) is 3.75. The third-order valence-corrected chi connectivity index (χ3v) is 6.54. The molecule has 1 aliphatic heterocycles. The molecule has 172 valence electrons. The molecule has 8 heteroatoms. The number of anilines is 3. The number of aliphatic hydroxyl groups excluding tert-OH is 2. The summed E-state index contributed by atoms with van der Waals surface area (Å²) in [6, 6.07) is 13.7. The number of para-hydroxylation sites is 1. The first-order chi connectivity index (χ1) is 16.7. The van der Waals surface area contributed by atoms with Crippen LogP contribution < -0.4 is 10.2 Å². The Morgan fingerprint density at radius 3 is 2.59 bits per heavy atom. The van der Waals surface area contributed by atoms with Crippen LogP contribution in [0.2, 0.25) is 0 Å². The molecule has 4 aromatic rings. The molecule has 34 heavy (non-hydrogen) atoms. The summed E-state index contributed by atoms with van der Waals surface area (Å²) in [5, 5.41) is 24.8. The average Bonchev–Trinajstić information content (AvgIpc) is 3.71. The molecule has 0 unspecified atom stereocenters. The third kappa shape index (κ3) is 4.06. The van der Waals surface area contributed by atoms with Crippen molar-refractivity contribution < 1.29 is 10.2 Å². The normalized spacial score (nSPS) is 20.5. The second kappa shape index (κ2) is 8.62. The van der Waals surface area contributed by atoms with Gasteiger partial charge in [-0.15, -0.1) is 0 Å². The van der Waals surface area contributed by atoms with Crippen molar-refractivity contribution in [3.05, 3.63) is 66.6 Å². The minimum atomic E-state index is -0.809. The van der Waals surface area contributed by atoms with Crippen LogP contribution in [0.1, 0.15) is 30.7 Å². The molecular formula is C26H26N6O2. The molecule has 3 N–H and O–H groups in total. The molecule has 1 saturated carbocycles. The molecule has 2 aliphatic rings. The molecule has 2 fully saturated rings. The largest absolute Gasteiger partial charge is 0.390 e. The summed E-state index contributed by atoms with van der Waals surface area (Å²) < 4.78 is 0. The van der Waals surface area contributed by atoms with Gasteiger partial charge in [-0.2, -0.15) is 0 Å². The number of benzene rings is 1. The van der Waals surface area contributed by atoms with Crippen molar-refractivity contribution in [1.29, 1.82) is 0 Å². The van der Waals surface area contributed by atoms with Crippen LogP contribution in [-0.4, -0.2) is 55.4 Å². The molecule has 0 radical (unpaired) electrons. The van der Waals surface area contributed by atoms with E-state index in [4.69, 9.17) is 9.97 Å². The summed E-state index contributed by atoms with van der Waals surface area (Å²) >= 11 is 0. The predicted molar refractivity (Wildman–Crippen MR) is 131 cm³/mol. The second-order valence-corrected chi connectivity index (χ2v) is 9.06. The maximum absolute atomic E-state index is 10.4. The summed E-state index contributed by atoms with van der Waals surface area (Å²) in [4.78, 5) is 20.9. The first-order valence-corrected chi connectivity index (χ1v) is 11.7. The topological polar surface area (TPSA) is 107 Å². The highest BCUT2D eigenvalue weighted by molar-refractivity contribution is 5.94. The van der Waals surface area contributed by atoms with Crippen molar-refractivity contribution in [2.24, 2.45) is 0 Å². The van der Waals surface area contributed by atoms with Gasteiger partial charge in [0.2, 0.25) is 0 Å². The van der Waals surface area contributed by atoms with Crippen LogP contribution in [0.4, 0.5) is 17.3 Å². The van der Waals surface area contributed by atoms with Crippen LogP contribution in [-0.2, 0) is 0 Å². The zero-order valence-electron chi connectivity index (χ0n) is 18.7. The lowest BCUT2D eigenvalue weighted by atomic mass is 10.0.